The van der Waals surface area contributed by atoms with Crippen molar-refractivity contribution in [2.45, 2.75) is 11.4 Å². The predicted molar refractivity (Wildman–Crippen MR) is 87.2 cm³/mol. The van der Waals surface area contributed by atoms with Crippen LogP contribution in [0, 0.1) is 0 Å². The van der Waals surface area contributed by atoms with Crippen molar-refractivity contribution in [3.8, 4) is 0 Å². The van der Waals surface area contributed by atoms with Crippen LogP contribution < -0.4 is 10.0 Å². The van der Waals surface area contributed by atoms with Crippen molar-refractivity contribution in [2.24, 2.45) is 4.99 Å². The van der Waals surface area contributed by atoms with E-state index in [2.05, 4.69) is 15.0 Å². The van der Waals surface area contributed by atoms with Gasteiger partial charge in [-0.3, -0.25) is 0 Å². The summed E-state index contributed by atoms with van der Waals surface area (Å²) < 4.78 is 2.93. The quantitative estimate of drug-likeness (QED) is 0.629. The van der Waals surface area contributed by atoms with Crippen LogP contribution in [0.2, 0.25) is 5.02 Å². The Balaban J connectivity index is 1.84. The van der Waals surface area contributed by atoms with Crippen LogP contribution in [0.1, 0.15) is 5.56 Å². The standard InChI is InChI=1S/C14H11Cl2N3S/c15-10-5-2-1-4-9(10)8-17-11-6-3-7-12-13(11)18-14(16)19-20-12/h1-7,17H,8H2,(H,18,19). The lowest BCUT2D eigenvalue weighted by Gasteiger charge is -2.17. The maximum atomic E-state index is 6.15. The zero-order valence-corrected chi connectivity index (χ0v) is 12.7. The number of anilines is 1. The number of hydrogen-bond acceptors (Lipinski definition) is 4. The number of hydrogen-bond donors (Lipinski definition) is 2. The summed E-state index contributed by atoms with van der Waals surface area (Å²) in [6.45, 7) is 0.640. The lowest BCUT2D eigenvalue weighted by atomic mass is 10.2. The van der Waals surface area contributed by atoms with Crippen LogP contribution in [0.4, 0.5) is 11.4 Å². The Hall–Kier alpha value is -1.36. The van der Waals surface area contributed by atoms with Crippen LogP contribution in [0.15, 0.2) is 52.4 Å². The number of rotatable bonds is 3. The third-order valence-electron chi connectivity index (χ3n) is 2.88. The minimum atomic E-state index is 0.384. The van der Waals surface area contributed by atoms with Crippen molar-refractivity contribution in [1.82, 2.24) is 4.72 Å². The zero-order chi connectivity index (χ0) is 13.9. The monoisotopic (exact) mass is 323 g/mol. The van der Waals surface area contributed by atoms with E-state index in [4.69, 9.17) is 23.2 Å². The largest absolute Gasteiger partial charge is 0.379 e. The Kier molecular flexibility index (Phi) is 4.05. The van der Waals surface area contributed by atoms with E-state index in [1.165, 1.54) is 11.9 Å². The highest BCUT2D eigenvalue weighted by Crippen LogP contribution is 2.38. The van der Waals surface area contributed by atoms with E-state index in [-0.39, 0.29) is 0 Å². The van der Waals surface area contributed by atoms with E-state index in [0.717, 1.165) is 26.9 Å². The SMILES string of the molecule is ClC1=Nc2c(NCc3ccccc3Cl)cccc2SN1. The van der Waals surface area contributed by atoms with Gasteiger partial charge in [0, 0.05) is 11.6 Å². The summed E-state index contributed by atoms with van der Waals surface area (Å²) in [7, 11) is 0. The van der Waals surface area contributed by atoms with E-state index in [0.29, 0.717) is 11.8 Å². The van der Waals surface area contributed by atoms with Crippen LogP contribution in [-0.2, 0) is 6.54 Å². The minimum absolute atomic E-state index is 0.384. The molecule has 0 bridgehead atoms. The Morgan fingerprint density at radius 3 is 2.80 bits per heavy atom. The molecule has 2 N–H and O–H groups in total. The molecule has 2 aromatic carbocycles. The molecule has 2 aromatic rings. The first-order chi connectivity index (χ1) is 9.74. The average Bonchev–Trinajstić information content (AvgIpc) is 2.46. The smallest absolute Gasteiger partial charge is 0.206 e. The fraction of sp³-hybridized carbons (Fsp3) is 0.0714. The van der Waals surface area contributed by atoms with E-state index in [1.54, 1.807) is 0 Å². The number of aliphatic imine (C=N–C) groups is 1. The van der Waals surface area contributed by atoms with E-state index in [9.17, 15) is 0 Å². The number of halogens is 2. The van der Waals surface area contributed by atoms with Gasteiger partial charge in [0.05, 0.1) is 10.6 Å². The Labute approximate surface area is 131 Å². The molecule has 3 nitrogen and oxygen atoms in total. The molecule has 0 saturated carbocycles. The van der Waals surface area contributed by atoms with Gasteiger partial charge < -0.3 is 10.0 Å². The van der Waals surface area contributed by atoms with Gasteiger partial charge in [0.2, 0.25) is 5.29 Å². The lowest BCUT2D eigenvalue weighted by Crippen LogP contribution is -2.12. The maximum absolute atomic E-state index is 6.15. The van der Waals surface area contributed by atoms with Crippen LogP contribution >= 0.6 is 35.1 Å². The van der Waals surface area contributed by atoms with Gasteiger partial charge in [-0.2, -0.15) is 0 Å². The summed E-state index contributed by atoms with van der Waals surface area (Å²) in [6.07, 6.45) is 0. The maximum Gasteiger partial charge on any atom is 0.206 e. The molecule has 6 heteroatoms. The van der Waals surface area contributed by atoms with Crippen molar-refractivity contribution in [3.63, 3.8) is 0 Å². The van der Waals surface area contributed by atoms with Crippen molar-refractivity contribution in [2.75, 3.05) is 5.32 Å². The van der Waals surface area contributed by atoms with Gasteiger partial charge in [-0.25, -0.2) is 4.99 Å². The fourth-order valence-corrected chi connectivity index (χ4v) is 2.95. The van der Waals surface area contributed by atoms with E-state index >= 15 is 0 Å². The average molecular weight is 324 g/mol. The molecule has 0 unspecified atom stereocenters. The number of benzene rings is 2. The first-order valence-corrected chi connectivity index (χ1v) is 7.58. The van der Waals surface area contributed by atoms with Gasteiger partial charge in [-0.15, -0.1) is 0 Å². The highest BCUT2D eigenvalue weighted by atomic mass is 35.5. The third kappa shape index (κ3) is 2.87. The second kappa shape index (κ2) is 5.95. The van der Waals surface area contributed by atoms with Gasteiger partial charge in [0.25, 0.3) is 0 Å². The van der Waals surface area contributed by atoms with Gasteiger partial charge >= 0.3 is 0 Å². The summed E-state index contributed by atoms with van der Waals surface area (Å²) in [4.78, 5) is 5.38. The summed E-state index contributed by atoms with van der Waals surface area (Å²) >= 11 is 13.5. The molecule has 3 rings (SSSR count). The second-order valence-corrected chi connectivity index (χ2v) is 5.82. The molecule has 0 aliphatic carbocycles. The summed E-state index contributed by atoms with van der Waals surface area (Å²) in [5.74, 6) is 0. The molecule has 1 aliphatic heterocycles. The van der Waals surface area contributed by atoms with Gasteiger partial charge in [-0.05, 0) is 47.3 Å². The molecule has 0 amide bonds. The Morgan fingerprint density at radius 1 is 1.10 bits per heavy atom. The highest BCUT2D eigenvalue weighted by molar-refractivity contribution is 7.98. The molecule has 1 aliphatic rings. The molecule has 0 atom stereocenters. The number of para-hydroxylation sites is 1. The van der Waals surface area contributed by atoms with Crippen LogP contribution in [-0.4, -0.2) is 5.29 Å². The fourth-order valence-electron chi connectivity index (χ4n) is 1.91. The number of nitrogens with one attached hydrogen (secondary N) is 2. The topological polar surface area (TPSA) is 36.4 Å². The molecule has 102 valence electrons. The normalized spacial score (nSPS) is 13.2. The van der Waals surface area contributed by atoms with Crippen LogP contribution in [0.25, 0.3) is 0 Å². The molecule has 0 aromatic heterocycles. The molecule has 20 heavy (non-hydrogen) atoms. The van der Waals surface area contributed by atoms with E-state index < -0.39 is 0 Å². The number of fused-ring (bicyclic) bond motifs is 1. The molecule has 0 fully saturated rings. The molecule has 0 radical (unpaired) electrons. The Morgan fingerprint density at radius 2 is 1.95 bits per heavy atom. The van der Waals surface area contributed by atoms with Crippen LogP contribution in [0.5, 0.6) is 0 Å². The molecular weight excluding hydrogens is 313 g/mol. The van der Waals surface area contributed by atoms with Crippen molar-refractivity contribution in [1.29, 1.82) is 0 Å². The van der Waals surface area contributed by atoms with Crippen molar-refractivity contribution < 1.29 is 0 Å². The summed E-state index contributed by atoms with van der Waals surface area (Å²) in [5, 5.41) is 4.50. The number of nitrogens with zero attached hydrogens (tertiary/aromatic N) is 1. The van der Waals surface area contributed by atoms with Gasteiger partial charge in [0.15, 0.2) is 0 Å². The van der Waals surface area contributed by atoms with Gasteiger partial charge in [0.1, 0.15) is 5.69 Å². The number of amidine groups is 1. The molecule has 1 heterocycles. The minimum Gasteiger partial charge on any atom is -0.379 e. The van der Waals surface area contributed by atoms with Crippen LogP contribution in [0.3, 0.4) is 0 Å². The Bertz CT molecular complexity index is 673. The lowest BCUT2D eigenvalue weighted by molar-refractivity contribution is 1.14. The van der Waals surface area contributed by atoms with E-state index in [1.807, 2.05) is 42.5 Å². The molecule has 0 spiro atoms. The first-order valence-electron chi connectivity index (χ1n) is 6.01. The summed E-state index contributed by atoms with van der Waals surface area (Å²) in [6, 6.07) is 13.7. The summed E-state index contributed by atoms with van der Waals surface area (Å²) in [5.41, 5.74) is 2.84. The highest BCUT2D eigenvalue weighted by Gasteiger charge is 2.14. The predicted octanol–water partition coefficient (Wildman–Crippen LogP) is 4.79. The molecular formula is C14H11Cl2N3S. The second-order valence-electron chi connectivity index (χ2n) is 4.20. The van der Waals surface area contributed by atoms with Gasteiger partial charge in [-0.1, -0.05) is 35.9 Å². The third-order valence-corrected chi connectivity index (χ3v) is 4.39. The van der Waals surface area contributed by atoms with Crippen molar-refractivity contribution in [3.05, 3.63) is 53.1 Å². The zero-order valence-electron chi connectivity index (χ0n) is 10.4. The molecule has 0 saturated heterocycles. The first kappa shape index (κ1) is 13.6. The van der Waals surface area contributed by atoms with Crippen molar-refractivity contribution >= 4 is 51.8 Å².